The Bertz CT molecular complexity index is 748. The molecule has 0 saturated heterocycles. The van der Waals surface area contributed by atoms with Gasteiger partial charge in [0.15, 0.2) is 4.90 Å². The number of nitro benzene ring substituents is 1. The van der Waals surface area contributed by atoms with Crippen LogP contribution < -0.4 is 4.74 Å². The summed E-state index contributed by atoms with van der Waals surface area (Å²) in [7, 11) is -2.71. The molecule has 1 fully saturated rings. The van der Waals surface area contributed by atoms with Gasteiger partial charge in [0.05, 0.1) is 24.6 Å². The molecule has 130 valence electrons. The van der Waals surface area contributed by atoms with E-state index in [9.17, 15) is 18.5 Å². The van der Waals surface area contributed by atoms with Crippen molar-refractivity contribution in [3.8, 4) is 18.1 Å². The van der Waals surface area contributed by atoms with Gasteiger partial charge in [0.2, 0.25) is 0 Å². The Hall–Kier alpha value is -2.11. The van der Waals surface area contributed by atoms with Gasteiger partial charge in [-0.2, -0.15) is 4.31 Å². The first-order chi connectivity index (χ1) is 11.4. The summed E-state index contributed by atoms with van der Waals surface area (Å²) in [6, 6.07) is 3.50. The van der Waals surface area contributed by atoms with Gasteiger partial charge in [-0.3, -0.25) is 10.1 Å². The third-order valence-electron chi connectivity index (χ3n) is 4.18. The van der Waals surface area contributed by atoms with Gasteiger partial charge in [-0.05, 0) is 25.0 Å². The zero-order valence-electron chi connectivity index (χ0n) is 13.5. The number of nitro groups is 1. The van der Waals surface area contributed by atoms with E-state index in [1.165, 1.54) is 23.5 Å². The molecular weight excluding hydrogens is 332 g/mol. The molecule has 1 aromatic carbocycles. The largest absolute Gasteiger partial charge is 0.497 e. The first kappa shape index (κ1) is 18.2. The minimum absolute atomic E-state index is 0.101. The van der Waals surface area contributed by atoms with E-state index in [-0.39, 0.29) is 23.2 Å². The van der Waals surface area contributed by atoms with Gasteiger partial charge in [-0.15, -0.1) is 6.42 Å². The summed E-state index contributed by atoms with van der Waals surface area (Å²) >= 11 is 0. The van der Waals surface area contributed by atoms with Crippen LogP contribution >= 0.6 is 0 Å². The van der Waals surface area contributed by atoms with Gasteiger partial charge in [0.1, 0.15) is 5.75 Å². The summed E-state index contributed by atoms with van der Waals surface area (Å²) < 4.78 is 32.2. The van der Waals surface area contributed by atoms with Crippen molar-refractivity contribution < 1.29 is 18.1 Å². The highest BCUT2D eigenvalue weighted by Crippen LogP contribution is 2.33. The molecular formula is C16H20N2O5S. The summed E-state index contributed by atoms with van der Waals surface area (Å²) in [5.74, 6) is 2.59. The Morgan fingerprint density at radius 2 is 2.04 bits per heavy atom. The molecule has 0 aromatic heterocycles. The lowest BCUT2D eigenvalue weighted by molar-refractivity contribution is -0.387. The number of rotatable bonds is 6. The highest BCUT2D eigenvalue weighted by atomic mass is 32.2. The summed E-state index contributed by atoms with van der Waals surface area (Å²) in [6.45, 7) is -0.101. The molecule has 1 aliphatic carbocycles. The highest BCUT2D eigenvalue weighted by molar-refractivity contribution is 7.89. The van der Waals surface area contributed by atoms with Crippen molar-refractivity contribution in [2.45, 2.75) is 43.0 Å². The first-order valence-electron chi connectivity index (χ1n) is 7.69. The fourth-order valence-corrected chi connectivity index (χ4v) is 4.72. The monoisotopic (exact) mass is 352 g/mol. The fraction of sp³-hybridized carbons (Fsp3) is 0.500. The van der Waals surface area contributed by atoms with Crippen molar-refractivity contribution in [2.75, 3.05) is 13.7 Å². The lowest BCUT2D eigenvalue weighted by Gasteiger charge is -2.32. The van der Waals surface area contributed by atoms with Gasteiger partial charge >= 0.3 is 0 Å². The predicted molar refractivity (Wildman–Crippen MR) is 89.2 cm³/mol. The minimum Gasteiger partial charge on any atom is -0.497 e. The molecule has 0 heterocycles. The molecule has 1 saturated carbocycles. The number of benzene rings is 1. The number of ether oxygens (including phenoxy) is 1. The van der Waals surface area contributed by atoms with Crippen molar-refractivity contribution in [1.82, 2.24) is 4.31 Å². The molecule has 0 radical (unpaired) electrons. The predicted octanol–water partition coefficient (Wildman–Crippen LogP) is 2.56. The van der Waals surface area contributed by atoms with Gasteiger partial charge in [0, 0.05) is 6.04 Å². The average Bonchev–Trinajstić information content (AvgIpc) is 2.59. The molecule has 8 heteroatoms. The molecule has 0 bridgehead atoms. The zero-order chi connectivity index (χ0) is 17.7. The summed E-state index contributed by atoms with van der Waals surface area (Å²) in [5.41, 5.74) is -0.507. The van der Waals surface area contributed by atoms with Crippen LogP contribution in [-0.4, -0.2) is 37.3 Å². The second-order valence-electron chi connectivity index (χ2n) is 5.64. The molecule has 0 unspecified atom stereocenters. The number of hydrogen-bond acceptors (Lipinski definition) is 5. The zero-order valence-corrected chi connectivity index (χ0v) is 14.3. The third kappa shape index (κ3) is 3.68. The van der Waals surface area contributed by atoms with E-state index in [1.807, 2.05) is 0 Å². The minimum atomic E-state index is -4.07. The summed E-state index contributed by atoms with van der Waals surface area (Å²) in [4.78, 5) is 10.2. The van der Waals surface area contributed by atoms with E-state index in [1.54, 1.807) is 0 Å². The lowest BCUT2D eigenvalue weighted by Crippen LogP contribution is -2.41. The fourth-order valence-electron chi connectivity index (χ4n) is 2.98. The SMILES string of the molecule is C#CCN(C1CCCCC1)S(=O)(=O)c1ccc(OC)cc1[N+](=O)[O-]. The number of sulfonamides is 1. The Labute approximate surface area is 141 Å². The molecule has 0 spiro atoms. The molecule has 0 N–H and O–H groups in total. The third-order valence-corrected chi connectivity index (χ3v) is 6.12. The maximum absolute atomic E-state index is 13.0. The number of methoxy groups -OCH3 is 1. The Morgan fingerprint density at radius 3 is 2.58 bits per heavy atom. The van der Waals surface area contributed by atoms with Crippen LogP contribution in [-0.2, 0) is 10.0 Å². The van der Waals surface area contributed by atoms with Gasteiger partial charge in [-0.1, -0.05) is 25.2 Å². The Morgan fingerprint density at radius 1 is 1.38 bits per heavy atom. The van der Waals surface area contributed by atoms with E-state index < -0.39 is 20.6 Å². The van der Waals surface area contributed by atoms with E-state index in [0.717, 1.165) is 25.3 Å². The maximum Gasteiger partial charge on any atom is 0.293 e. The van der Waals surface area contributed by atoms with Crippen LogP contribution in [0.3, 0.4) is 0 Å². The van der Waals surface area contributed by atoms with Crippen molar-refractivity contribution in [3.05, 3.63) is 28.3 Å². The van der Waals surface area contributed by atoms with Crippen LogP contribution in [0.5, 0.6) is 5.75 Å². The second-order valence-corrected chi connectivity index (χ2v) is 7.50. The van der Waals surface area contributed by atoms with Crippen molar-refractivity contribution >= 4 is 15.7 Å². The lowest BCUT2D eigenvalue weighted by atomic mass is 9.95. The van der Waals surface area contributed by atoms with Crippen molar-refractivity contribution in [1.29, 1.82) is 0 Å². The first-order valence-corrected chi connectivity index (χ1v) is 9.13. The quantitative estimate of drug-likeness (QED) is 0.446. The molecule has 0 amide bonds. The van der Waals surface area contributed by atoms with Crippen LogP contribution in [0.1, 0.15) is 32.1 Å². The average molecular weight is 352 g/mol. The van der Waals surface area contributed by atoms with E-state index >= 15 is 0 Å². The molecule has 1 aromatic rings. The van der Waals surface area contributed by atoms with Crippen molar-refractivity contribution in [2.24, 2.45) is 0 Å². The van der Waals surface area contributed by atoms with Crippen LogP contribution in [0, 0.1) is 22.5 Å². The van der Waals surface area contributed by atoms with Crippen molar-refractivity contribution in [3.63, 3.8) is 0 Å². The summed E-state index contributed by atoms with van der Waals surface area (Å²) in [5, 5.41) is 11.3. The molecule has 1 aliphatic rings. The number of nitrogens with zero attached hydrogens (tertiary/aromatic N) is 2. The standard InChI is InChI=1S/C16H20N2O5S/c1-3-11-17(13-7-5-4-6-8-13)24(21,22)16-10-9-14(23-2)12-15(16)18(19)20/h1,9-10,12-13H,4-8,11H2,2H3. The molecule has 7 nitrogen and oxygen atoms in total. The molecule has 24 heavy (non-hydrogen) atoms. The molecule has 0 atom stereocenters. The van der Waals surface area contributed by atoms with Gasteiger partial charge in [0.25, 0.3) is 15.7 Å². The van der Waals surface area contributed by atoms with Gasteiger partial charge < -0.3 is 4.74 Å². The highest BCUT2D eigenvalue weighted by Gasteiger charge is 2.36. The molecule has 0 aliphatic heterocycles. The Balaban J connectivity index is 2.50. The maximum atomic E-state index is 13.0. The van der Waals surface area contributed by atoms with Crippen LogP contribution in [0.2, 0.25) is 0 Å². The van der Waals surface area contributed by atoms with E-state index in [2.05, 4.69) is 5.92 Å². The molecule has 2 rings (SSSR count). The second kappa shape index (κ2) is 7.64. The Kier molecular flexibility index (Phi) is 5.80. The smallest absolute Gasteiger partial charge is 0.293 e. The summed E-state index contributed by atoms with van der Waals surface area (Å²) in [6.07, 6.45) is 9.67. The van der Waals surface area contributed by atoms with E-state index in [4.69, 9.17) is 11.2 Å². The topological polar surface area (TPSA) is 89.8 Å². The van der Waals surface area contributed by atoms with Gasteiger partial charge in [-0.25, -0.2) is 8.42 Å². The number of hydrogen-bond donors (Lipinski definition) is 0. The number of terminal acetylenes is 1. The van der Waals surface area contributed by atoms with Crippen LogP contribution in [0.4, 0.5) is 5.69 Å². The normalized spacial score (nSPS) is 15.9. The van der Waals surface area contributed by atoms with E-state index in [0.29, 0.717) is 12.8 Å². The van der Waals surface area contributed by atoms with Crippen LogP contribution in [0.25, 0.3) is 0 Å². The van der Waals surface area contributed by atoms with Crippen LogP contribution in [0.15, 0.2) is 23.1 Å².